The molecule has 1 atom stereocenters. The minimum Gasteiger partial charge on any atom is -0.300 e. The molecule has 0 aromatic heterocycles. The van der Waals surface area contributed by atoms with Crippen molar-refractivity contribution >= 4 is 13.9 Å². The van der Waals surface area contributed by atoms with Crippen molar-refractivity contribution < 1.29 is 4.79 Å². The minimum atomic E-state index is -1.10. The van der Waals surface area contributed by atoms with Crippen LogP contribution in [0.4, 0.5) is 0 Å². The average Bonchev–Trinajstić information content (AvgIpc) is 2.21. The van der Waals surface area contributed by atoms with Crippen molar-refractivity contribution in [3.05, 3.63) is 23.8 Å². The maximum Gasteiger partial charge on any atom is 0.129 e. The Morgan fingerprint density at radius 1 is 1.16 bits per heavy atom. The second-order valence-corrected chi connectivity index (χ2v) is 12.7. The Balaban J connectivity index is 4.49. The Hall–Kier alpha value is -0.633. The van der Waals surface area contributed by atoms with Gasteiger partial charge >= 0.3 is 0 Å². The lowest BCUT2D eigenvalue weighted by molar-refractivity contribution is -0.117. The number of hydrogen-bond donors (Lipinski definition) is 0. The van der Waals surface area contributed by atoms with Gasteiger partial charge in [0.1, 0.15) is 5.78 Å². The predicted molar refractivity (Wildman–Crippen MR) is 89.4 cm³/mol. The first-order valence-electron chi connectivity index (χ1n) is 7.42. The molecular formula is C17H32OSi. The third-order valence-corrected chi connectivity index (χ3v) is 5.02. The number of rotatable bonds is 9. The van der Waals surface area contributed by atoms with Crippen LogP contribution < -0.4 is 0 Å². The quantitative estimate of drug-likeness (QED) is 0.396. The van der Waals surface area contributed by atoms with E-state index in [0.29, 0.717) is 18.1 Å². The van der Waals surface area contributed by atoms with Crippen molar-refractivity contribution in [2.45, 2.75) is 72.1 Å². The fourth-order valence-corrected chi connectivity index (χ4v) is 4.29. The van der Waals surface area contributed by atoms with Gasteiger partial charge in [-0.15, -0.1) is 0 Å². The minimum absolute atomic E-state index is 0.303. The van der Waals surface area contributed by atoms with Gasteiger partial charge in [0.25, 0.3) is 0 Å². The maximum atomic E-state index is 11.2. The molecule has 0 aromatic rings. The fourth-order valence-electron chi connectivity index (χ4n) is 2.32. The average molecular weight is 281 g/mol. The number of carbonyl (C=O) groups excluding carboxylic acids is 1. The van der Waals surface area contributed by atoms with Gasteiger partial charge in [0.2, 0.25) is 0 Å². The van der Waals surface area contributed by atoms with Crippen LogP contribution in [0.5, 0.6) is 0 Å². The summed E-state index contributed by atoms with van der Waals surface area (Å²) in [6, 6.07) is 1.26. The largest absolute Gasteiger partial charge is 0.300 e. The van der Waals surface area contributed by atoms with E-state index in [0.717, 1.165) is 19.3 Å². The highest BCUT2D eigenvalue weighted by Gasteiger charge is 2.22. The Kier molecular flexibility index (Phi) is 8.24. The second-order valence-electron chi connectivity index (χ2n) is 7.18. The van der Waals surface area contributed by atoms with Crippen molar-refractivity contribution in [3.8, 4) is 0 Å². The molecule has 2 heteroatoms. The topological polar surface area (TPSA) is 17.1 Å². The first-order chi connectivity index (χ1) is 8.61. The first-order valence-corrected chi connectivity index (χ1v) is 11.1. The Morgan fingerprint density at radius 3 is 2.16 bits per heavy atom. The van der Waals surface area contributed by atoms with E-state index >= 15 is 0 Å². The molecule has 0 aliphatic carbocycles. The highest BCUT2D eigenvalue weighted by molar-refractivity contribution is 6.76. The Labute approximate surface area is 121 Å². The molecule has 0 aliphatic heterocycles. The third kappa shape index (κ3) is 10.9. The first kappa shape index (κ1) is 18.4. The standard InChI is InChI=1S/C17H32OSi/c1-14(2)9-8-10-15(3)17(12-11-16(4)18)13-19(5,6)7/h9,17H,3,8,10-13H2,1-2,4-7H3. The summed E-state index contributed by atoms with van der Waals surface area (Å²) >= 11 is 0. The van der Waals surface area contributed by atoms with Crippen LogP contribution in [0.2, 0.25) is 25.7 Å². The summed E-state index contributed by atoms with van der Waals surface area (Å²) in [6.07, 6.45) is 6.13. The normalized spacial score (nSPS) is 12.9. The molecular weight excluding hydrogens is 248 g/mol. The van der Waals surface area contributed by atoms with Crippen LogP contribution >= 0.6 is 0 Å². The molecule has 110 valence electrons. The van der Waals surface area contributed by atoms with Gasteiger partial charge in [0.15, 0.2) is 0 Å². The van der Waals surface area contributed by atoms with E-state index in [9.17, 15) is 4.79 Å². The lowest BCUT2D eigenvalue weighted by atomic mass is 9.92. The van der Waals surface area contributed by atoms with Crippen molar-refractivity contribution in [2.24, 2.45) is 5.92 Å². The molecule has 1 unspecified atom stereocenters. The van der Waals surface area contributed by atoms with Crippen LogP contribution in [0, 0.1) is 5.92 Å². The van der Waals surface area contributed by atoms with E-state index in [1.807, 2.05) is 0 Å². The van der Waals surface area contributed by atoms with E-state index < -0.39 is 8.07 Å². The van der Waals surface area contributed by atoms with Gasteiger partial charge in [-0.25, -0.2) is 0 Å². The second kappa shape index (κ2) is 8.52. The van der Waals surface area contributed by atoms with E-state index in [4.69, 9.17) is 0 Å². The smallest absolute Gasteiger partial charge is 0.129 e. The summed E-state index contributed by atoms with van der Waals surface area (Å²) in [5.41, 5.74) is 2.72. The molecule has 0 bridgehead atoms. The van der Waals surface area contributed by atoms with Crippen LogP contribution in [0.1, 0.15) is 46.5 Å². The number of allylic oxidation sites excluding steroid dienone is 3. The van der Waals surface area contributed by atoms with Gasteiger partial charge in [-0.3, -0.25) is 0 Å². The molecule has 0 aromatic carbocycles. The van der Waals surface area contributed by atoms with Crippen LogP contribution in [-0.4, -0.2) is 13.9 Å². The lowest BCUT2D eigenvalue weighted by Gasteiger charge is -2.26. The van der Waals surface area contributed by atoms with Gasteiger partial charge in [-0.2, -0.15) is 0 Å². The molecule has 0 rings (SSSR count). The summed E-state index contributed by atoms with van der Waals surface area (Å²) < 4.78 is 0. The zero-order valence-electron chi connectivity index (χ0n) is 13.8. The Bertz CT molecular complexity index is 330. The van der Waals surface area contributed by atoms with Gasteiger partial charge in [0, 0.05) is 14.5 Å². The van der Waals surface area contributed by atoms with Crippen molar-refractivity contribution in [1.82, 2.24) is 0 Å². The van der Waals surface area contributed by atoms with Gasteiger partial charge in [-0.05, 0) is 46.0 Å². The summed E-state index contributed by atoms with van der Waals surface area (Å²) in [6.45, 7) is 17.5. The summed E-state index contributed by atoms with van der Waals surface area (Å²) in [4.78, 5) is 11.2. The molecule has 0 N–H and O–H groups in total. The molecule has 0 aliphatic rings. The van der Waals surface area contributed by atoms with Gasteiger partial charge in [-0.1, -0.05) is 49.5 Å². The lowest BCUT2D eigenvalue weighted by Crippen LogP contribution is -2.25. The van der Waals surface area contributed by atoms with Crippen molar-refractivity contribution in [3.63, 3.8) is 0 Å². The van der Waals surface area contributed by atoms with Gasteiger partial charge in [0.05, 0.1) is 0 Å². The molecule has 0 radical (unpaired) electrons. The summed E-state index contributed by atoms with van der Waals surface area (Å²) in [5, 5.41) is 0. The molecule has 0 saturated carbocycles. The molecule has 0 saturated heterocycles. The van der Waals surface area contributed by atoms with E-state index in [1.165, 1.54) is 17.2 Å². The molecule has 0 spiro atoms. The fraction of sp³-hybridized carbons (Fsp3) is 0.706. The SMILES string of the molecule is C=C(CCC=C(C)C)C(CCC(C)=O)C[Si](C)(C)C. The van der Waals surface area contributed by atoms with Crippen LogP contribution in [0.3, 0.4) is 0 Å². The van der Waals surface area contributed by atoms with Crippen LogP contribution in [-0.2, 0) is 4.79 Å². The van der Waals surface area contributed by atoms with E-state index in [-0.39, 0.29) is 0 Å². The van der Waals surface area contributed by atoms with Crippen LogP contribution in [0.25, 0.3) is 0 Å². The van der Waals surface area contributed by atoms with Gasteiger partial charge < -0.3 is 4.79 Å². The van der Waals surface area contributed by atoms with Crippen LogP contribution in [0.15, 0.2) is 23.8 Å². The summed E-state index contributed by atoms with van der Waals surface area (Å²) in [7, 11) is -1.10. The molecule has 0 heterocycles. The third-order valence-electron chi connectivity index (χ3n) is 3.30. The number of carbonyl (C=O) groups is 1. The highest BCUT2D eigenvalue weighted by atomic mass is 28.3. The van der Waals surface area contributed by atoms with E-state index in [1.54, 1.807) is 6.92 Å². The monoisotopic (exact) mass is 280 g/mol. The molecule has 19 heavy (non-hydrogen) atoms. The van der Waals surface area contributed by atoms with E-state index in [2.05, 4.69) is 46.1 Å². The van der Waals surface area contributed by atoms with Crippen molar-refractivity contribution in [1.29, 1.82) is 0 Å². The highest BCUT2D eigenvalue weighted by Crippen LogP contribution is 2.29. The zero-order chi connectivity index (χ0) is 15.1. The molecule has 0 fully saturated rings. The Morgan fingerprint density at radius 2 is 1.74 bits per heavy atom. The zero-order valence-corrected chi connectivity index (χ0v) is 14.8. The van der Waals surface area contributed by atoms with Crippen molar-refractivity contribution in [2.75, 3.05) is 0 Å². The number of hydrogen-bond acceptors (Lipinski definition) is 1. The predicted octanol–water partition coefficient (Wildman–Crippen LogP) is 5.61. The molecule has 1 nitrogen and oxygen atoms in total. The maximum absolute atomic E-state index is 11.2. The summed E-state index contributed by atoms with van der Waals surface area (Å²) in [5.74, 6) is 0.846. The molecule has 0 amide bonds. The number of ketones is 1. The number of Topliss-reactive ketones (excluding diaryl/α,β-unsaturated/α-hetero) is 1.